The zero-order valence-electron chi connectivity index (χ0n) is 11.4. The second-order valence-electron chi connectivity index (χ2n) is 4.11. The summed E-state index contributed by atoms with van der Waals surface area (Å²) in [6.07, 6.45) is 1.86. The van der Waals surface area contributed by atoms with Gasteiger partial charge in [-0.2, -0.15) is 0 Å². The predicted octanol–water partition coefficient (Wildman–Crippen LogP) is 0.0421. The Kier molecular flexibility index (Phi) is 6.34. The number of nitrogens with one attached hydrogen (secondary N) is 2. The molecule has 0 aromatic rings. The number of ether oxygens (including phenoxy) is 3. The Hall–Kier alpha value is -2.25. The molecule has 1 aliphatic rings. The van der Waals surface area contributed by atoms with E-state index in [1.54, 1.807) is 6.92 Å². The largest absolute Gasteiger partial charge is 0.493 e. The van der Waals surface area contributed by atoms with Crippen LogP contribution in [0.5, 0.6) is 0 Å². The topological polar surface area (TPSA) is 103 Å². The van der Waals surface area contributed by atoms with Gasteiger partial charge in [-0.25, -0.2) is 9.59 Å². The summed E-state index contributed by atoms with van der Waals surface area (Å²) >= 11 is 0. The molecular formula is C12H18N2O6. The highest BCUT2D eigenvalue weighted by Gasteiger charge is 2.18. The molecule has 0 bridgehead atoms. The van der Waals surface area contributed by atoms with Crippen molar-refractivity contribution in [3.8, 4) is 0 Å². The molecule has 1 rings (SSSR count). The molecule has 0 spiro atoms. The number of amides is 3. The van der Waals surface area contributed by atoms with Gasteiger partial charge in [0.15, 0.2) is 6.61 Å². The van der Waals surface area contributed by atoms with Crippen LogP contribution < -0.4 is 10.6 Å². The van der Waals surface area contributed by atoms with Crippen LogP contribution in [-0.2, 0) is 23.8 Å². The summed E-state index contributed by atoms with van der Waals surface area (Å²) in [5.41, 5.74) is 0. The fraction of sp³-hybridized carbons (Fsp3) is 0.583. The summed E-state index contributed by atoms with van der Waals surface area (Å²) in [5, 5.41) is 4.59. The van der Waals surface area contributed by atoms with E-state index in [2.05, 4.69) is 10.1 Å². The van der Waals surface area contributed by atoms with Crippen molar-refractivity contribution in [1.82, 2.24) is 10.6 Å². The quantitative estimate of drug-likeness (QED) is 0.692. The molecule has 8 nitrogen and oxygen atoms in total. The molecule has 8 heteroatoms. The third kappa shape index (κ3) is 5.59. The van der Waals surface area contributed by atoms with Crippen LogP contribution in [0.2, 0.25) is 0 Å². The molecule has 20 heavy (non-hydrogen) atoms. The van der Waals surface area contributed by atoms with Crippen molar-refractivity contribution < 1.29 is 28.6 Å². The Labute approximate surface area is 116 Å². The summed E-state index contributed by atoms with van der Waals surface area (Å²) < 4.78 is 14.5. The predicted molar refractivity (Wildman–Crippen MR) is 67.4 cm³/mol. The maximum atomic E-state index is 11.4. The summed E-state index contributed by atoms with van der Waals surface area (Å²) in [6, 6.07) is -0.680. The highest BCUT2D eigenvalue weighted by atomic mass is 16.6. The van der Waals surface area contributed by atoms with Gasteiger partial charge < -0.3 is 19.5 Å². The molecular weight excluding hydrogens is 268 g/mol. The minimum absolute atomic E-state index is 0.0525. The van der Waals surface area contributed by atoms with Crippen LogP contribution in [-0.4, -0.2) is 43.8 Å². The zero-order valence-corrected chi connectivity index (χ0v) is 11.4. The molecule has 0 radical (unpaired) electrons. The van der Waals surface area contributed by atoms with Gasteiger partial charge in [0.25, 0.3) is 5.91 Å². The third-order valence-corrected chi connectivity index (χ3v) is 2.43. The van der Waals surface area contributed by atoms with Gasteiger partial charge in [0.1, 0.15) is 19.5 Å². The lowest BCUT2D eigenvalue weighted by Gasteiger charge is -2.14. The van der Waals surface area contributed by atoms with Gasteiger partial charge >= 0.3 is 12.0 Å². The SMILES string of the molecule is CC[C@H](C)NC(=O)NC(=O)COC(=O)C1=COCCO1. The Morgan fingerprint density at radius 1 is 1.40 bits per heavy atom. The average molecular weight is 286 g/mol. The fourth-order valence-corrected chi connectivity index (χ4v) is 1.20. The molecule has 2 N–H and O–H groups in total. The lowest BCUT2D eigenvalue weighted by molar-refractivity contribution is -0.149. The maximum Gasteiger partial charge on any atom is 0.377 e. The van der Waals surface area contributed by atoms with E-state index in [0.717, 1.165) is 12.7 Å². The summed E-state index contributed by atoms with van der Waals surface area (Å²) in [4.78, 5) is 34.1. The third-order valence-electron chi connectivity index (χ3n) is 2.43. The fourth-order valence-electron chi connectivity index (χ4n) is 1.20. The number of carbonyl (C=O) groups excluding carboxylic acids is 3. The molecule has 112 valence electrons. The van der Waals surface area contributed by atoms with Crippen LogP contribution in [0.25, 0.3) is 0 Å². The number of hydrogen-bond acceptors (Lipinski definition) is 6. The lowest BCUT2D eigenvalue weighted by Crippen LogP contribution is -2.44. The first-order valence-electron chi connectivity index (χ1n) is 6.25. The second-order valence-corrected chi connectivity index (χ2v) is 4.11. The molecule has 0 fully saturated rings. The van der Waals surface area contributed by atoms with Crippen molar-refractivity contribution in [3.05, 3.63) is 12.0 Å². The van der Waals surface area contributed by atoms with Gasteiger partial charge in [-0.05, 0) is 13.3 Å². The Morgan fingerprint density at radius 2 is 2.15 bits per heavy atom. The Balaban J connectivity index is 2.27. The van der Waals surface area contributed by atoms with Crippen LogP contribution in [0.3, 0.4) is 0 Å². The zero-order chi connectivity index (χ0) is 15.0. The van der Waals surface area contributed by atoms with Crippen molar-refractivity contribution in [1.29, 1.82) is 0 Å². The average Bonchev–Trinajstić information content (AvgIpc) is 2.45. The summed E-state index contributed by atoms with van der Waals surface area (Å²) in [6.45, 7) is 3.72. The van der Waals surface area contributed by atoms with Crippen LogP contribution in [0.15, 0.2) is 12.0 Å². The van der Waals surface area contributed by atoms with Crippen molar-refractivity contribution in [2.24, 2.45) is 0 Å². The number of rotatable bonds is 5. The standard InChI is InChI=1S/C12H18N2O6/c1-3-8(2)13-12(17)14-10(15)7-20-11(16)9-6-18-4-5-19-9/h6,8H,3-5,7H2,1-2H3,(H2,13,14,15,17)/t8-/m0/s1. The van der Waals surface area contributed by atoms with Gasteiger partial charge in [0, 0.05) is 6.04 Å². The normalized spacial score (nSPS) is 15.0. The highest BCUT2D eigenvalue weighted by Crippen LogP contribution is 2.05. The smallest absolute Gasteiger partial charge is 0.377 e. The molecule has 3 amide bonds. The van der Waals surface area contributed by atoms with Crippen molar-refractivity contribution >= 4 is 17.9 Å². The van der Waals surface area contributed by atoms with Crippen LogP contribution in [0.4, 0.5) is 4.79 Å². The second kappa shape index (κ2) is 8.03. The van der Waals surface area contributed by atoms with E-state index in [-0.39, 0.29) is 18.4 Å². The van der Waals surface area contributed by atoms with E-state index < -0.39 is 24.5 Å². The first kappa shape index (κ1) is 15.8. The minimum atomic E-state index is -0.817. The molecule has 0 aliphatic carbocycles. The van der Waals surface area contributed by atoms with E-state index in [9.17, 15) is 14.4 Å². The number of hydrogen-bond donors (Lipinski definition) is 2. The molecule has 1 atom stereocenters. The van der Waals surface area contributed by atoms with Gasteiger partial charge in [0.2, 0.25) is 5.76 Å². The van der Waals surface area contributed by atoms with E-state index in [4.69, 9.17) is 9.47 Å². The Morgan fingerprint density at radius 3 is 2.75 bits per heavy atom. The van der Waals surface area contributed by atoms with Crippen molar-refractivity contribution in [3.63, 3.8) is 0 Å². The van der Waals surface area contributed by atoms with Crippen LogP contribution in [0, 0.1) is 0 Å². The number of imide groups is 1. The van der Waals surface area contributed by atoms with E-state index >= 15 is 0 Å². The van der Waals surface area contributed by atoms with Crippen molar-refractivity contribution in [2.45, 2.75) is 26.3 Å². The van der Waals surface area contributed by atoms with Gasteiger partial charge in [-0.3, -0.25) is 10.1 Å². The monoisotopic (exact) mass is 286 g/mol. The molecule has 0 unspecified atom stereocenters. The number of esters is 1. The van der Waals surface area contributed by atoms with Crippen LogP contribution in [0.1, 0.15) is 20.3 Å². The van der Waals surface area contributed by atoms with Crippen molar-refractivity contribution in [2.75, 3.05) is 19.8 Å². The molecule has 0 saturated heterocycles. The van der Waals surface area contributed by atoms with E-state index in [1.807, 2.05) is 12.2 Å². The molecule has 0 aromatic heterocycles. The molecule has 0 aromatic carbocycles. The minimum Gasteiger partial charge on any atom is -0.493 e. The molecule has 1 heterocycles. The number of carbonyl (C=O) groups is 3. The molecule has 0 saturated carbocycles. The molecule has 1 aliphatic heterocycles. The van der Waals surface area contributed by atoms with Gasteiger partial charge in [0.05, 0.1) is 0 Å². The van der Waals surface area contributed by atoms with E-state index in [0.29, 0.717) is 6.61 Å². The summed E-state index contributed by atoms with van der Waals surface area (Å²) in [7, 11) is 0. The first-order valence-corrected chi connectivity index (χ1v) is 6.25. The lowest BCUT2D eigenvalue weighted by atomic mass is 10.3. The number of urea groups is 1. The van der Waals surface area contributed by atoms with Gasteiger partial charge in [-0.15, -0.1) is 0 Å². The van der Waals surface area contributed by atoms with E-state index in [1.165, 1.54) is 0 Å². The van der Waals surface area contributed by atoms with Gasteiger partial charge in [-0.1, -0.05) is 6.92 Å². The van der Waals surface area contributed by atoms with Crippen LogP contribution >= 0.6 is 0 Å². The highest BCUT2D eigenvalue weighted by molar-refractivity contribution is 5.96. The Bertz CT molecular complexity index is 407. The summed E-state index contributed by atoms with van der Waals surface area (Å²) in [5.74, 6) is -1.65. The maximum absolute atomic E-state index is 11.4. The first-order chi connectivity index (χ1) is 9.52.